The van der Waals surface area contributed by atoms with Gasteiger partial charge in [-0.3, -0.25) is 4.79 Å². The van der Waals surface area contributed by atoms with Crippen molar-refractivity contribution < 1.29 is 19.0 Å². The van der Waals surface area contributed by atoms with Gasteiger partial charge >= 0.3 is 0 Å². The average Bonchev–Trinajstić information content (AvgIpc) is 2.61. The van der Waals surface area contributed by atoms with E-state index in [0.29, 0.717) is 27.3 Å². The van der Waals surface area contributed by atoms with Gasteiger partial charge in [0, 0.05) is 5.02 Å². The molecule has 2 rings (SSSR count). The van der Waals surface area contributed by atoms with Gasteiger partial charge in [0.15, 0.2) is 6.10 Å². The van der Waals surface area contributed by atoms with E-state index in [-0.39, 0.29) is 12.5 Å². The van der Waals surface area contributed by atoms with Gasteiger partial charge in [-0.2, -0.15) is 0 Å². The quantitative estimate of drug-likeness (QED) is 0.781. The van der Waals surface area contributed by atoms with Crippen LogP contribution in [0.3, 0.4) is 0 Å². The number of hydrogen-bond donors (Lipinski definition) is 1. The number of benzene rings is 2. The minimum atomic E-state index is -0.737. The number of nitrogens with one attached hydrogen (secondary N) is 1. The highest BCUT2D eigenvalue weighted by Gasteiger charge is 2.18. The van der Waals surface area contributed by atoms with Crippen molar-refractivity contribution in [1.82, 2.24) is 5.32 Å². The van der Waals surface area contributed by atoms with Crippen LogP contribution in [0.5, 0.6) is 17.2 Å². The Morgan fingerprint density at radius 1 is 1.08 bits per heavy atom. The van der Waals surface area contributed by atoms with E-state index >= 15 is 0 Å². The van der Waals surface area contributed by atoms with E-state index in [9.17, 15) is 4.79 Å². The molecule has 0 saturated carbocycles. The number of halogens is 2. The lowest BCUT2D eigenvalue weighted by molar-refractivity contribution is -0.127. The molecule has 25 heavy (non-hydrogen) atoms. The molecule has 134 valence electrons. The Bertz CT molecular complexity index is 730. The van der Waals surface area contributed by atoms with Crippen molar-refractivity contribution in [3.05, 3.63) is 52.0 Å². The van der Waals surface area contributed by atoms with Crippen LogP contribution in [-0.4, -0.2) is 26.2 Å². The summed E-state index contributed by atoms with van der Waals surface area (Å²) >= 11 is 11.9. The van der Waals surface area contributed by atoms with Crippen LogP contribution in [0.15, 0.2) is 36.4 Å². The molecule has 0 aliphatic heterocycles. The molecule has 1 atom stereocenters. The van der Waals surface area contributed by atoms with E-state index in [2.05, 4.69) is 5.32 Å². The molecular weight excluding hydrogens is 365 g/mol. The number of amides is 1. The number of carbonyl (C=O) groups excluding carboxylic acids is 1. The maximum atomic E-state index is 12.3. The van der Waals surface area contributed by atoms with Gasteiger partial charge in [0.2, 0.25) is 0 Å². The van der Waals surface area contributed by atoms with E-state index < -0.39 is 6.10 Å². The molecule has 1 N–H and O–H groups in total. The summed E-state index contributed by atoms with van der Waals surface area (Å²) < 4.78 is 16.2. The number of hydrogen-bond acceptors (Lipinski definition) is 4. The smallest absolute Gasteiger partial charge is 0.261 e. The Morgan fingerprint density at radius 3 is 2.28 bits per heavy atom. The number of rotatable bonds is 7. The second kappa shape index (κ2) is 8.83. The van der Waals surface area contributed by atoms with Gasteiger partial charge in [-0.1, -0.05) is 29.3 Å². The van der Waals surface area contributed by atoms with E-state index in [1.54, 1.807) is 51.5 Å². The first kappa shape index (κ1) is 19.2. The fourth-order valence-electron chi connectivity index (χ4n) is 2.24. The predicted octanol–water partition coefficient (Wildman–Crippen LogP) is 4.09. The van der Waals surface area contributed by atoms with Crippen LogP contribution in [0, 0.1) is 0 Å². The molecule has 5 nitrogen and oxygen atoms in total. The third-order valence-corrected chi connectivity index (χ3v) is 4.07. The van der Waals surface area contributed by atoms with Crippen molar-refractivity contribution in [1.29, 1.82) is 0 Å². The lowest BCUT2D eigenvalue weighted by Crippen LogP contribution is -2.36. The van der Waals surface area contributed by atoms with Crippen molar-refractivity contribution in [3.8, 4) is 17.2 Å². The number of carbonyl (C=O) groups is 1. The Labute approximate surface area is 156 Å². The molecule has 0 heterocycles. The highest BCUT2D eigenvalue weighted by molar-refractivity contribution is 6.35. The summed E-state index contributed by atoms with van der Waals surface area (Å²) in [6.45, 7) is 1.88. The monoisotopic (exact) mass is 383 g/mol. The molecule has 2 aromatic rings. The summed E-state index contributed by atoms with van der Waals surface area (Å²) in [7, 11) is 3.13. The van der Waals surface area contributed by atoms with Gasteiger partial charge < -0.3 is 19.5 Å². The summed E-state index contributed by atoms with van der Waals surface area (Å²) in [6.07, 6.45) is -0.737. The lowest BCUT2D eigenvalue weighted by Gasteiger charge is -2.17. The second-order valence-corrected chi connectivity index (χ2v) is 6.04. The maximum Gasteiger partial charge on any atom is 0.261 e. The molecule has 0 aromatic heterocycles. The number of ether oxygens (including phenoxy) is 3. The standard InChI is InChI=1S/C18H19Cl2NO4/c1-11(25-17-8-7-12(19)9-14(17)20)18(22)21-10-13-15(23-2)5-4-6-16(13)24-3/h4-9,11H,10H2,1-3H3,(H,21,22). The van der Waals surface area contributed by atoms with E-state index in [0.717, 1.165) is 5.56 Å². The van der Waals surface area contributed by atoms with Crippen LogP contribution >= 0.6 is 23.2 Å². The molecular formula is C18H19Cl2NO4. The minimum absolute atomic E-state index is 0.244. The normalized spacial score (nSPS) is 11.6. The average molecular weight is 384 g/mol. The first-order chi connectivity index (χ1) is 12.0. The summed E-state index contributed by atoms with van der Waals surface area (Å²) in [6, 6.07) is 10.2. The molecule has 0 spiro atoms. The molecule has 0 aliphatic carbocycles. The third kappa shape index (κ3) is 4.94. The summed E-state index contributed by atoms with van der Waals surface area (Å²) in [5.74, 6) is 1.37. The fourth-order valence-corrected chi connectivity index (χ4v) is 2.69. The Balaban J connectivity index is 2.02. The number of methoxy groups -OCH3 is 2. The van der Waals surface area contributed by atoms with Crippen molar-refractivity contribution in [2.24, 2.45) is 0 Å². The van der Waals surface area contributed by atoms with Crippen molar-refractivity contribution >= 4 is 29.1 Å². The summed E-state index contributed by atoms with van der Waals surface area (Å²) in [5, 5.41) is 3.65. The van der Waals surface area contributed by atoms with E-state index in [4.69, 9.17) is 37.4 Å². The topological polar surface area (TPSA) is 56.8 Å². The Kier molecular flexibility index (Phi) is 6.79. The molecule has 0 bridgehead atoms. The van der Waals surface area contributed by atoms with Crippen LogP contribution in [0.1, 0.15) is 12.5 Å². The molecule has 0 radical (unpaired) electrons. The van der Waals surface area contributed by atoms with Gasteiger partial charge in [0.1, 0.15) is 17.2 Å². The summed E-state index contributed by atoms with van der Waals surface area (Å²) in [4.78, 5) is 12.3. The van der Waals surface area contributed by atoms with Gasteiger partial charge in [-0.15, -0.1) is 0 Å². The molecule has 1 unspecified atom stereocenters. The molecule has 2 aromatic carbocycles. The minimum Gasteiger partial charge on any atom is -0.496 e. The fraction of sp³-hybridized carbons (Fsp3) is 0.278. The van der Waals surface area contributed by atoms with E-state index in [1.165, 1.54) is 0 Å². The van der Waals surface area contributed by atoms with Crippen molar-refractivity contribution in [2.45, 2.75) is 19.6 Å². The SMILES string of the molecule is COc1cccc(OC)c1CNC(=O)C(C)Oc1ccc(Cl)cc1Cl. The Hall–Kier alpha value is -2.11. The highest BCUT2D eigenvalue weighted by Crippen LogP contribution is 2.29. The van der Waals surface area contributed by atoms with Gasteiger partial charge in [-0.05, 0) is 37.3 Å². The summed E-state index contributed by atoms with van der Waals surface area (Å²) in [5.41, 5.74) is 0.748. The van der Waals surface area contributed by atoms with Crippen LogP contribution in [0.25, 0.3) is 0 Å². The maximum absolute atomic E-state index is 12.3. The lowest BCUT2D eigenvalue weighted by atomic mass is 10.1. The molecule has 0 fully saturated rings. The zero-order chi connectivity index (χ0) is 18.4. The van der Waals surface area contributed by atoms with Gasteiger partial charge in [0.25, 0.3) is 5.91 Å². The third-order valence-electron chi connectivity index (χ3n) is 3.54. The molecule has 0 saturated heterocycles. The van der Waals surface area contributed by atoms with Crippen molar-refractivity contribution in [2.75, 3.05) is 14.2 Å². The first-order valence-corrected chi connectivity index (χ1v) is 8.31. The molecule has 0 aliphatic rings. The molecule has 1 amide bonds. The predicted molar refractivity (Wildman–Crippen MR) is 97.9 cm³/mol. The van der Waals surface area contributed by atoms with Crippen LogP contribution in [0.4, 0.5) is 0 Å². The zero-order valence-electron chi connectivity index (χ0n) is 14.1. The van der Waals surface area contributed by atoms with Gasteiger partial charge in [-0.25, -0.2) is 0 Å². The van der Waals surface area contributed by atoms with Gasteiger partial charge in [0.05, 0.1) is 31.4 Å². The van der Waals surface area contributed by atoms with Crippen LogP contribution in [-0.2, 0) is 11.3 Å². The first-order valence-electron chi connectivity index (χ1n) is 7.55. The second-order valence-electron chi connectivity index (χ2n) is 5.19. The van der Waals surface area contributed by atoms with E-state index in [1.807, 2.05) is 6.07 Å². The van der Waals surface area contributed by atoms with Crippen LogP contribution < -0.4 is 19.5 Å². The van der Waals surface area contributed by atoms with Crippen LogP contribution in [0.2, 0.25) is 10.0 Å². The highest BCUT2D eigenvalue weighted by atomic mass is 35.5. The Morgan fingerprint density at radius 2 is 1.72 bits per heavy atom. The van der Waals surface area contributed by atoms with Crippen molar-refractivity contribution in [3.63, 3.8) is 0 Å². The largest absolute Gasteiger partial charge is 0.496 e. The zero-order valence-corrected chi connectivity index (χ0v) is 15.6. The molecule has 7 heteroatoms.